The second kappa shape index (κ2) is 19.8. The smallest absolute Gasteiger partial charge is 0.662 e. The van der Waals surface area contributed by atoms with E-state index in [2.05, 4.69) is 27.3 Å². The normalized spacial score (nSPS) is 18.8. The Bertz CT molecular complexity index is 220. The van der Waals surface area contributed by atoms with E-state index >= 15 is 0 Å². The summed E-state index contributed by atoms with van der Waals surface area (Å²) in [7, 11) is 0. The Hall–Kier alpha value is -0.226. The fraction of sp³-hybridized carbons (Fsp3) is 0.667. The van der Waals surface area contributed by atoms with Gasteiger partial charge < -0.3 is 21.3 Å². The minimum Gasteiger partial charge on any atom is -0.662 e. The van der Waals surface area contributed by atoms with Crippen molar-refractivity contribution in [1.29, 1.82) is 0 Å². The summed E-state index contributed by atoms with van der Waals surface area (Å²) in [5.74, 6) is 0. The molecule has 4 nitrogen and oxygen atoms in total. The van der Waals surface area contributed by atoms with E-state index in [1.54, 1.807) is 0 Å². The molecule has 0 spiro atoms. The van der Waals surface area contributed by atoms with Gasteiger partial charge in [-0.1, -0.05) is 12.8 Å². The molecule has 2 rings (SSSR count). The second-order valence-corrected chi connectivity index (χ2v) is 5.41. The molecule has 5 heteroatoms. The van der Waals surface area contributed by atoms with Crippen LogP contribution in [0.2, 0.25) is 0 Å². The van der Waals surface area contributed by atoms with Gasteiger partial charge in [0.2, 0.25) is 0 Å². The molecule has 0 aromatic heterocycles. The molecule has 3 N–H and O–H groups in total. The number of benzene rings is 1. The molecule has 1 heterocycles. The van der Waals surface area contributed by atoms with E-state index in [0.717, 1.165) is 52.4 Å². The molecule has 1 aliphatic heterocycles. The molecule has 128 valence electrons. The summed E-state index contributed by atoms with van der Waals surface area (Å²) >= 11 is 0. The van der Waals surface area contributed by atoms with Crippen molar-refractivity contribution in [2.75, 3.05) is 52.4 Å². The summed E-state index contributed by atoms with van der Waals surface area (Å²) in [6.07, 6.45) is 4.82. The number of nitrogens with one attached hydrogen (secondary N) is 3. The van der Waals surface area contributed by atoms with Crippen LogP contribution in [0.1, 0.15) is 25.7 Å². The van der Waals surface area contributed by atoms with Gasteiger partial charge in [0.15, 0.2) is 0 Å². The van der Waals surface area contributed by atoms with Crippen molar-refractivity contribution in [2.45, 2.75) is 25.7 Å². The second-order valence-electron chi connectivity index (χ2n) is 5.41. The SMILES string of the molecule is C1C[N-]CCCNCCCNCCCNC1.[Ti+2].[c-]1ccccc1. The summed E-state index contributed by atoms with van der Waals surface area (Å²) in [6, 6.07) is 12.5. The van der Waals surface area contributed by atoms with Crippen molar-refractivity contribution < 1.29 is 21.7 Å². The van der Waals surface area contributed by atoms with Gasteiger partial charge in [0, 0.05) is 0 Å². The molecular formula is C18H32N4Ti. The fourth-order valence-corrected chi connectivity index (χ4v) is 2.14. The van der Waals surface area contributed by atoms with Crippen LogP contribution in [0.5, 0.6) is 0 Å². The van der Waals surface area contributed by atoms with Gasteiger partial charge in [-0.15, -0.1) is 13.1 Å². The number of hydrogen-bond donors (Lipinski definition) is 3. The van der Waals surface area contributed by atoms with Crippen LogP contribution in [0.25, 0.3) is 5.32 Å². The maximum absolute atomic E-state index is 4.51. The average molecular weight is 352 g/mol. The quantitative estimate of drug-likeness (QED) is 0.496. The van der Waals surface area contributed by atoms with Crippen LogP contribution in [0, 0.1) is 6.07 Å². The maximum Gasteiger partial charge on any atom is 2.00 e. The Morgan fingerprint density at radius 1 is 0.609 bits per heavy atom. The minimum atomic E-state index is 0. The molecule has 0 amide bonds. The van der Waals surface area contributed by atoms with Crippen molar-refractivity contribution in [1.82, 2.24) is 16.0 Å². The monoisotopic (exact) mass is 352 g/mol. The third-order valence-electron chi connectivity index (χ3n) is 3.36. The molecule has 1 aromatic carbocycles. The van der Waals surface area contributed by atoms with Crippen LogP contribution in [0.3, 0.4) is 0 Å². The van der Waals surface area contributed by atoms with E-state index in [1.807, 2.05) is 30.3 Å². The molecule has 23 heavy (non-hydrogen) atoms. The van der Waals surface area contributed by atoms with Crippen LogP contribution in [-0.4, -0.2) is 52.4 Å². The molecule has 1 fully saturated rings. The van der Waals surface area contributed by atoms with E-state index < -0.39 is 0 Å². The zero-order valence-electron chi connectivity index (χ0n) is 14.3. The third kappa shape index (κ3) is 18.0. The molecule has 0 radical (unpaired) electrons. The Morgan fingerprint density at radius 3 is 1.39 bits per heavy atom. The van der Waals surface area contributed by atoms with E-state index in [4.69, 9.17) is 0 Å². The molecule has 1 aromatic rings. The summed E-state index contributed by atoms with van der Waals surface area (Å²) < 4.78 is 0. The Kier molecular flexibility index (Phi) is 19.6. The molecule has 1 aliphatic rings. The van der Waals surface area contributed by atoms with Crippen molar-refractivity contribution in [3.63, 3.8) is 0 Å². The van der Waals surface area contributed by atoms with Gasteiger partial charge in [-0.05, 0) is 52.1 Å². The first-order chi connectivity index (χ1) is 11.0. The molecule has 0 bridgehead atoms. The summed E-state index contributed by atoms with van der Waals surface area (Å²) in [5.41, 5.74) is 0. The topological polar surface area (TPSA) is 50.2 Å². The zero-order valence-corrected chi connectivity index (χ0v) is 15.9. The summed E-state index contributed by atoms with van der Waals surface area (Å²) in [5, 5.41) is 14.9. The fourth-order valence-electron chi connectivity index (χ4n) is 2.14. The first-order valence-electron chi connectivity index (χ1n) is 8.66. The molecular weight excluding hydrogens is 320 g/mol. The van der Waals surface area contributed by atoms with Gasteiger partial charge in [-0.3, -0.25) is 0 Å². The van der Waals surface area contributed by atoms with E-state index in [9.17, 15) is 0 Å². The molecule has 0 saturated carbocycles. The standard InChI is InChI=1S/C12H27N4.C6H5.Ti/c1-5-13-7-2-9-15-11-4-12-16-10-3-8-14-6-1;1-2-4-6-5-3-1;/h13-15H,1-12H2;1-5H;/q2*-1;+2. The van der Waals surface area contributed by atoms with Gasteiger partial charge in [0.1, 0.15) is 0 Å². The van der Waals surface area contributed by atoms with Crippen LogP contribution >= 0.6 is 0 Å². The van der Waals surface area contributed by atoms with Gasteiger partial charge in [-0.2, -0.15) is 36.4 Å². The Morgan fingerprint density at radius 2 is 1.04 bits per heavy atom. The van der Waals surface area contributed by atoms with E-state index in [-0.39, 0.29) is 21.7 Å². The van der Waals surface area contributed by atoms with Gasteiger partial charge in [0.25, 0.3) is 0 Å². The van der Waals surface area contributed by atoms with Crippen molar-refractivity contribution in [3.05, 3.63) is 41.7 Å². The van der Waals surface area contributed by atoms with Crippen molar-refractivity contribution in [2.24, 2.45) is 0 Å². The Labute approximate surface area is 157 Å². The van der Waals surface area contributed by atoms with Gasteiger partial charge in [0.05, 0.1) is 0 Å². The van der Waals surface area contributed by atoms with Gasteiger partial charge >= 0.3 is 21.7 Å². The number of rotatable bonds is 0. The first-order valence-corrected chi connectivity index (χ1v) is 8.66. The van der Waals surface area contributed by atoms with Crippen molar-refractivity contribution in [3.8, 4) is 0 Å². The van der Waals surface area contributed by atoms with Crippen LogP contribution < -0.4 is 16.0 Å². The first kappa shape index (κ1) is 22.8. The average Bonchev–Trinajstić information content (AvgIpc) is 2.57. The molecule has 0 unspecified atom stereocenters. The summed E-state index contributed by atoms with van der Waals surface area (Å²) in [4.78, 5) is 0. The number of hydrogen-bond acceptors (Lipinski definition) is 3. The summed E-state index contributed by atoms with van der Waals surface area (Å²) in [6.45, 7) is 8.80. The predicted octanol–water partition coefficient (Wildman–Crippen LogP) is 2.19. The van der Waals surface area contributed by atoms with Crippen LogP contribution in [-0.2, 0) is 21.7 Å². The van der Waals surface area contributed by atoms with Crippen LogP contribution in [0.4, 0.5) is 0 Å². The maximum atomic E-state index is 4.51. The third-order valence-corrected chi connectivity index (χ3v) is 3.36. The Balaban J connectivity index is 0.000000581. The number of nitrogens with zero attached hydrogens (tertiary/aromatic N) is 1. The predicted molar refractivity (Wildman–Crippen MR) is 95.4 cm³/mol. The van der Waals surface area contributed by atoms with E-state index in [1.165, 1.54) is 25.7 Å². The van der Waals surface area contributed by atoms with E-state index in [0.29, 0.717) is 0 Å². The van der Waals surface area contributed by atoms with Crippen molar-refractivity contribution >= 4 is 0 Å². The largest absolute Gasteiger partial charge is 2.00 e. The zero-order chi connectivity index (χ0) is 15.6. The molecule has 0 atom stereocenters. The van der Waals surface area contributed by atoms with Gasteiger partial charge in [-0.25, -0.2) is 0 Å². The van der Waals surface area contributed by atoms with Crippen LogP contribution in [0.15, 0.2) is 30.3 Å². The minimum absolute atomic E-state index is 0. The molecule has 0 aliphatic carbocycles. The molecule has 1 saturated heterocycles.